The standard InChI is InChI=1S/C27H23ClN2O4S/c1-14-5-12-19(34-14)23(31)21-22(15-6-8-16(9-7-15)27(2,3)4)30(25(33)24(21)32)26-29-18-11-10-17(28)13-20(18)35-26/h5-13,32-33H,1-4H3. The Hall–Kier alpha value is -3.55. The number of aryl methyl sites for hydroxylation is 1. The molecule has 0 fully saturated rings. The number of aromatic nitrogens is 2. The summed E-state index contributed by atoms with van der Waals surface area (Å²) in [5, 5.41) is 23.0. The summed E-state index contributed by atoms with van der Waals surface area (Å²) in [7, 11) is 0. The van der Waals surface area contributed by atoms with E-state index in [1.807, 2.05) is 24.3 Å². The number of carbonyl (C=O) groups is 1. The van der Waals surface area contributed by atoms with Crippen molar-refractivity contribution in [2.24, 2.45) is 0 Å². The highest BCUT2D eigenvalue weighted by Crippen LogP contribution is 2.45. The first-order chi connectivity index (χ1) is 16.5. The number of thiazole rings is 1. The molecule has 8 heteroatoms. The molecule has 0 radical (unpaired) electrons. The lowest BCUT2D eigenvalue weighted by molar-refractivity contribution is 0.101. The summed E-state index contributed by atoms with van der Waals surface area (Å²) < 4.78 is 7.76. The lowest BCUT2D eigenvalue weighted by Crippen LogP contribution is -2.10. The highest BCUT2D eigenvalue weighted by atomic mass is 35.5. The van der Waals surface area contributed by atoms with E-state index in [4.69, 9.17) is 16.0 Å². The fourth-order valence-corrected chi connectivity index (χ4v) is 5.26. The van der Waals surface area contributed by atoms with Gasteiger partial charge in [0.05, 0.1) is 21.5 Å². The third-order valence-corrected chi connectivity index (χ3v) is 7.11. The van der Waals surface area contributed by atoms with Gasteiger partial charge in [-0.15, -0.1) is 0 Å². The van der Waals surface area contributed by atoms with Gasteiger partial charge in [0.1, 0.15) is 5.76 Å². The molecule has 5 rings (SSSR count). The molecule has 2 aromatic carbocycles. The molecule has 0 aliphatic rings. The van der Waals surface area contributed by atoms with Crippen LogP contribution in [0.3, 0.4) is 0 Å². The maximum Gasteiger partial charge on any atom is 0.242 e. The third-order valence-electron chi connectivity index (χ3n) is 5.87. The summed E-state index contributed by atoms with van der Waals surface area (Å²) in [6.07, 6.45) is 0. The topological polar surface area (TPSA) is 88.5 Å². The number of halogens is 1. The van der Waals surface area contributed by atoms with Gasteiger partial charge in [0.2, 0.25) is 11.7 Å². The van der Waals surface area contributed by atoms with Gasteiger partial charge in [-0.1, -0.05) is 68.0 Å². The van der Waals surface area contributed by atoms with Gasteiger partial charge in [0.15, 0.2) is 16.6 Å². The Morgan fingerprint density at radius 3 is 2.40 bits per heavy atom. The number of benzene rings is 2. The predicted octanol–water partition coefficient (Wildman–Crippen LogP) is 7.25. The second-order valence-corrected chi connectivity index (χ2v) is 10.9. The Balaban J connectivity index is 1.78. The molecule has 0 aliphatic heterocycles. The van der Waals surface area contributed by atoms with Crippen LogP contribution in [0.5, 0.6) is 11.6 Å². The maximum atomic E-state index is 13.5. The molecule has 178 valence electrons. The molecule has 0 saturated heterocycles. The number of furan rings is 1. The average Bonchev–Trinajstić information content (AvgIpc) is 3.49. The number of rotatable bonds is 4. The largest absolute Gasteiger partial charge is 0.503 e. The maximum absolute atomic E-state index is 13.5. The number of carbonyl (C=O) groups excluding carboxylic acids is 1. The molecular weight excluding hydrogens is 484 g/mol. The molecule has 3 heterocycles. The van der Waals surface area contributed by atoms with Crippen molar-refractivity contribution in [2.45, 2.75) is 33.1 Å². The molecule has 6 nitrogen and oxygen atoms in total. The summed E-state index contributed by atoms with van der Waals surface area (Å²) in [6, 6.07) is 16.2. The molecule has 0 amide bonds. The normalized spacial score (nSPS) is 11.9. The fourth-order valence-electron chi connectivity index (χ4n) is 4.01. The molecule has 0 spiro atoms. The van der Waals surface area contributed by atoms with Crippen molar-refractivity contribution < 1.29 is 19.4 Å². The zero-order valence-electron chi connectivity index (χ0n) is 19.6. The Morgan fingerprint density at radius 1 is 1.06 bits per heavy atom. The van der Waals surface area contributed by atoms with Crippen molar-refractivity contribution in [3.05, 3.63) is 82.3 Å². The van der Waals surface area contributed by atoms with Crippen LogP contribution in [0.15, 0.2) is 59.0 Å². The molecule has 0 saturated carbocycles. The van der Waals surface area contributed by atoms with Gasteiger partial charge in [-0.05, 0) is 53.8 Å². The quantitative estimate of drug-likeness (QED) is 0.251. The van der Waals surface area contributed by atoms with Gasteiger partial charge in [-0.2, -0.15) is 0 Å². The highest BCUT2D eigenvalue weighted by molar-refractivity contribution is 7.20. The van der Waals surface area contributed by atoms with Crippen LogP contribution in [0.25, 0.3) is 26.6 Å². The summed E-state index contributed by atoms with van der Waals surface area (Å²) in [5.74, 6) is -0.911. The first-order valence-electron chi connectivity index (χ1n) is 11.0. The van der Waals surface area contributed by atoms with E-state index in [1.165, 1.54) is 15.9 Å². The molecule has 0 bridgehead atoms. The van der Waals surface area contributed by atoms with E-state index in [1.54, 1.807) is 37.3 Å². The Labute approximate surface area is 211 Å². The Bertz CT molecular complexity index is 1590. The minimum absolute atomic E-state index is 0.0577. The van der Waals surface area contributed by atoms with Gasteiger partial charge >= 0.3 is 0 Å². The van der Waals surface area contributed by atoms with Crippen molar-refractivity contribution in [3.63, 3.8) is 0 Å². The van der Waals surface area contributed by atoms with Crippen molar-refractivity contribution in [2.75, 3.05) is 0 Å². The number of fused-ring (bicyclic) bond motifs is 1. The SMILES string of the molecule is Cc1ccc(C(=O)c2c(O)c(O)n(-c3nc4ccc(Cl)cc4s3)c2-c2ccc(C(C)(C)C)cc2)o1. The molecule has 5 aromatic rings. The summed E-state index contributed by atoms with van der Waals surface area (Å²) in [4.78, 5) is 18.1. The van der Waals surface area contributed by atoms with E-state index in [9.17, 15) is 15.0 Å². The second-order valence-electron chi connectivity index (χ2n) is 9.41. The van der Waals surface area contributed by atoms with Crippen molar-refractivity contribution in [1.82, 2.24) is 9.55 Å². The lowest BCUT2D eigenvalue weighted by atomic mass is 9.86. The van der Waals surface area contributed by atoms with Crippen LogP contribution in [0.4, 0.5) is 0 Å². The van der Waals surface area contributed by atoms with Gasteiger partial charge < -0.3 is 14.6 Å². The predicted molar refractivity (Wildman–Crippen MR) is 138 cm³/mol. The first-order valence-corrected chi connectivity index (χ1v) is 12.2. The Kier molecular flexibility index (Phi) is 5.49. The van der Waals surface area contributed by atoms with Gasteiger partial charge in [0, 0.05) is 5.02 Å². The van der Waals surface area contributed by atoms with Gasteiger partial charge in [-0.25, -0.2) is 4.98 Å². The van der Waals surface area contributed by atoms with Crippen LogP contribution >= 0.6 is 22.9 Å². The van der Waals surface area contributed by atoms with Crippen molar-refractivity contribution in [3.8, 4) is 28.0 Å². The highest BCUT2D eigenvalue weighted by Gasteiger charge is 2.32. The van der Waals surface area contributed by atoms with Crippen LogP contribution in [0.2, 0.25) is 5.02 Å². The molecular formula is C27H23ClN2O4S. The zero-order chi connectivity index (χ0) is 25.1. The smallest absolute Gasteiger partial charge is 0.242 e. The van der Waals surface area contributed by atoms with Gasteiger partial charge in [0.25, 0.3) is 0 Å². The Morgan fingerprint density at radius 2 is 1.77 bits per heavy atom. The number of aromatic hydroxyl groups is 2. The van der Waals surface area contributed by atoms with Crippen LogP contribution in [-0.2, 0) is 5.41 Å². The van der Waals surface area contributed by atoms with Crippen LogP contribution < -0.4 is 0 Å². The van der Waals surface area contributed by atoms with E-state index in [2.05, 4.69) is 25.8 Å². The van der Waals surface area contributed by atoms with E-state index in [0.717, 1.165) is 10.3 Å². The van der Waals surface area contributed by atoms with Crippen LogP contribution in [0.1, 0.15) is 48.2 Å². The van der Waals surface area contributed by atoms with E-state index >= 15 is 0 Å². The molecule has 3 aromatic heterocycles. The molecule has 0 aliphatic carbocycles. The van der Waals surface area contributed by atoms with Crippen molar-refractivity contribution >= 4 is 38.9 Å². The third kappa shape index (κ3) is 4.00. The van der Waals surface area contributed by atoms with Crippen LogP contribution in [0, 0.1) is 6.92 Å². The van der Waals surface area contributed by atoms with Crippen LogP contribution in [-0.4, -0.2) is 25.5 Å². The van der Waals surface area contributed by atoms with E-state index < -0.39 is 17.4 Å². The first kappa shape index (κ1) is 23.2. The minimum atomic E-state index is -0.538. The number of hydrogen-bond acceptors (Lipinski definition) is 6. The van der Waals surface area contributed by atoms with Gasteiger partial charge in [-0.3, -0.25) is 9.36 Å². The van der Waals surface area contributed by atoms with E-state index in [0.29, 0.717) is 32.7 Å². The molecule has 0 atom stereocenters. The average molecular weight is 507 g/mol. The second kappa shape index (κ2) is 8.29. The fraction of sp³-hybridized carbons (Fsp3) is 0.185. The number of hydrogen-bond donors (Lipinski definition) is 2. The zero-order valence-corrected chi connectivity index (χ0v) is 21.2. The lowest BCUT2D eigenvalue weighted by Gasteiger charge is -2.19. The number of nitrogens with zero attached hydrogens (tertiary/aromatic N) is 2. The van der Waals surface area contributed by atoms with E-state index in [-0.39, 0.29) is 16.7 Å². The van der Waals surface area contributed by atoms with Crippen molar-refractivity contribution in [1.29, 1.82) is 0 Å². The molecule has 2 N–H and O–H groups in total. The summed E-state index contributed by atoms with van der Waals surface area (Å²) in [5.41, 5.74) is 2.63. The monoisotopic (exact) mass is 506 g/mol. The minimum Gasteiger partial charge on any atom is -0.503 e. The molecule has 0 unspecified atom stereocenters. The summed E-state index contributed by atoms with van der Waals surface area (Å²) >= 11 is 7.44. The number of ketones is 1. The summed E-state index contributed by atoms with van der Waals surface area (Å²) in [6.45, 7) is 8.08. The molecule has 35 heavy (non-hydrogen) atoms.